The molecule has 0 radical (unpaired) electrons. The third-order valence-electron chi connectivity index (χ3n) is 4.71. The van der Waals surface area contributed by atoms with Crippen molar-refractivity contribution in [3.05, 3.63) is 52.8 Å². The van der Waals surface area contributed by atoms with E-state index in [9.17, 15) is 0 Å². The van der Waals surface area contributed by atoms with Crippen LogP contribution in [0.25, 0.3) is 21.1 Å². The summed E-state index contributed by atoms with van der Waals surface area (Å²) >= 11 is 1.80. The molecule has 1 aliphatic rings. The molecule has 0 aliphatic heterocycles. The van der Waals surface area contributed by atoms with Gasteiger partial charge in [-0.15, -0.1) is 11.3 Å². The average molecular weight is 347 g/mol. The fourth-order valence-corrected chi connectivity index (χ4v) is 4.72. The van der Waals surface area contributed by atoms with Crippen LogP contribution in [-0.4, -0.2) is 21.2 Å². The van der Waals surface area contributed by atoms with Gasteiger partial charge in [0, 0.05) is 16.6 Å². The second-order valence-electron chi connectivity index (χ2n) is 6.31. The summed E-state index contributed by atoms with van der Waals surface area (Å²) in [4.78, 5) is 14.6. The number of thiophene rings is 1. The molecule has 3 aromatic heterocycles. The molecule has 5 nitrogen and oxygen atoms in total. The highest BCUT2D eigenvalue weighted by atomic mass is 32.1. The molecule has 0 amide bonds. The van der Waals surface area contributed by atoms with E-state index in [1.54, 1.807) is 17.7 Å². The molecule has 0 bridgehead atoms. The Morgan fingerprint density at radius 3 is 3.12 bits per heavy atom. The third-order valence-corrected chi connectivity index (χ3v) is 5.91. The van der Waals surface area contributed by atoms with Crippen molar-refractivity contribution in [1.82, 2.24) is 15.0 Å². The van der Waals surface area contributed by atoms with E-state index in [1.807, 2.05) is 18.5 Å². The van der Waals surface area contributed by atoms with Crippen molar-refractivity contribution < 1.29 is 0 Å². The minimum atomic E-state index is 0.809. The lowest BCUT2D eigenvalue weighted by Gasteiger charge is -2.11. The second-order valence-corrected chi connectivity index (χ2v) is 7.39. The van der Waals surface area contributed by atoms with E-state index < -0.39 is 0 Å². The zero-order valence-electron chi connectivity index (χ0n) is 13.6. The Morgan fingerprint density at radius 2 is 2.12 bits per heavy atom. The van der Waals surface area contributed by atoms with E-state index in [1.165, 1.54) is 28.7 Å². The first-order chi connectivity index (χ1) is 12.4. The normalized spacial score (nSPS) is 14.4. The van der Waals surface area contributed by atoms with E-state index in [2.05, 4.69) is 43.7 Å². The van der Waals surface area contributed by atoms with Crippen LogP contribution in [0.15, 0.2) is 41.9 Å². The quantitative estimate of drug-likeness (QED) is 0.424. The molecule has 3 heterocycles. The molecule has 124 valence electrons. The summed E-state index contributed by atoms with van der Waals surface area (Å²) in [5.41, 5.74) is 6.73. The molecule has 1 aliphatic carbocycles. The van der Waals surface area contributed by atoms with Gasteiger partial charge in [-0.25, -0.2) is 9.97 Å². The number of hydrazone groups is 1. The predicted octanol–water partition coefficient (Wildman–Crippen LogP) is 4.50. The van der Waals surface area contributed by atoms with Gasteiger partial charge in [-0.05, 0) is 60.4 Å². The van der Waals surface area contributed by atoms with Gasteiger partial charge in [0.25, 0.3) is 0 Å². The first-order valence-electron chi connectivity index (χ1n) is 8.50. The Balaban J connectivity index is 1.46. The maximum absolute atomic E-state index is 4.45. The average Bonchev–Trinajstić information content (AvgIpc) is 3.25. The molecule has 0 unspecified atom stereocenters. The lowest BCUT2D eigenvalue weighted by Crippen LogP contribution is -2.00. The van der Waals surface area contributed by atoms with Crippen LogP contribution in [0.5, 0.6) is 0 Å². The number of aromatic nitrogens is 3. The van der Waals surface area contributed by atoms with E-state index in [4.69, 9.17) is 0 Å². The molecule has 6 heteroatoms. The number of benzene rings is 1. The minimum Gasteiger partial charge on any atom is -0.361 e. The molecule has 0 fully saturated rings. The van der Waals surface area contributed by atoms with Gasteiger partial charge in [-0.2, -0.15) is 5.10 Å². The summed E-state index contributed by atoms with van der Waals surface area (Å²) in [6.45, 7) is 0. The van der Waals surface area contributed by atoms with Crippen molar-refractivity contribution >= 4 is 44.5 Å². The Labute approximate surface area is 148 Å². The topological polar surface area (TPSA) is 66.0 Å². The smallest absolute Gasteiger partial charge is 0.158 e. The number of anilines is 1. The largest absolute Gasteiger partial charge is 0.361 e. The molecule has 0 saturated carbocycles. The molecular weight excluding hydrogens is 330 g/mol. The Kier molecular flexibility index (Phi) is 3.48. The van der Waals surface area contributed by atoms with Crippen LogP contribution in [0, 0.1) is 0 Å². The van der Waals surface area contributed by atoms with Crippen LogP contribution in [0.3, 0.4) is 0 Å². The highest BCUT2D eigenvalue weighted by Crippen LogP contribution is 2.38. The monoisotopic (exact) mass is 347 g/mol. The number of fused-ring (bicyclic) bond motifs is 4. The Hall–Kier alpha value is -2.73. The van der Waals surface area contributed by atoms with Crippen LogP contribution in [0.4, 0.5) is 5.82 Å². The molecule has 1 aromatic carbocycles. The molecule has 0 atom stereocenters. The van der Waals surface area contributed by atoms with E-state index in [-0.39, 0.29) is 0 Å². The van der Waals surface area contributed by atoms with Gasteiger partial charge in [0.2, 0.25) is 0 Å². The maximum Gasteiger partial charge on any atom is 0.158 e. The van der Waals surface area contributed by atoms with Gasteiger partial charge in [-0.3, -0.25) is 5.43 Å². The number of H-pyrrole nitrogens is 1. The Bertz CT molecular complexity index is 1090. The molecule has 4 aromatic rings. The van der Waals surface area contributed by atoms with Crippen molar-refractivity contribution in [3.63, 3.8) is 0 Å². The minimum absolute atomic E-state index is 0.809. The van der Waals surface area contributed by atoms with Gasteiger partial charge in [-0.1, -0.05) is 6.07 Å². The highest BCUT2D eigenvalue weighted by Gasteiger charge is 2.19. The lowest BCUT2D eigenvalue weighted by atomic mass is 9.97. The molecule has 0 spiro atoms. The molecule has 25 heavy (non-hydrogen) atoms. The van der Waals surface area contributed by atoms with Gasteiger partial charge in [0.15, 0.2) is 5.82 Å². The summed E-state index contributed by atoms with van der Waals surface area (Å²) < 4.78 is 0. The van der Waals surface area contributed by atoms with Crippen LogP contribution in [0.1, 0.15) is 28.8 Å². The van der Waals surface area contributed by atoms with Crippen molar-refractivity contribution in [3.8, 4) is 0 Å². The number of nitrogens with one attached hydrogen (secondary N) is 2. The van der Waals surface area contributed by atoms with Crippen LogP contribution in [0.2, 0.25) is 0 Å². The number of nitrogens with zero attached hydrogens (tertiary/aromatic N) is 3. The SMILES string of the molecule is C(=NNc1ncnc2sc3c(c12)CCCC3)c1ccc2[nH]ccc2c1. The molecule has 2 N–H and O–H groups in total. The Morgan fingerprint density at radius 1 is 1.16 bits per heavy atom. The summed E-state index contributed by atoms with van der Waals surface area (Å²) in [6, 6.07) is 8.28. The van der Waals surface area contributed by atoms with Gasteiger partial charge in [0.05, 0.1) is 11.6 Å². The standard InChI is InChI=1S/C19H17N5S/c1-2-4-16-14(3-1)17-18(21-11-22-19(17)25-16)24-23-10-12-5-6-15-13(9-12)7-8-20-15/h5-11,20H,1-4H2,(H,21,22,24). The summed E-state index contributed by atoms with van der Waals surface area (Å²) in [5.74, 6) is 0.809. The number of hydrogen-bond acceptors (Lipinski definition) is 5. The first kappa shape index (κ1) is 14.6. The zero-order chi connectivity index (χ0) is 16.6. The summed E-state index contributed by atoms with van der Waals surface area (Å²) in [6.07, 6.45) is 10.2. The predicted molar refractivity (Wildman–Crippen MR) is 104 cm³/mol. The van der Waals surface area contributed by atoms with Crippen LogP contribution < -0.4 is 5.43 Å². The highest BCUT2D eigenvalue weighted by molar-refractivity contribution is 7.19. The number of rotatable bonds is 3. The van der Waals surface area contributed by atoms with E-state index in [0.29, 0.717) is 0 Å². The van der Waals surface area contributed by atoms with Gasteiger partial charge >= 0.3 is 0 Å². The summed E-state index contributed by atoms with van der Waals surface area (Å²) in [7, 11) is 0. The van der Waals surface area contributed by atoms with Gasteiger partial charge in [0.1, 0.15) is 11.2 Å². The van der Waals surface area contributed by atoms with Gasteiger partial charge < -0.3 is 4.98 Å². The third kappa shape index (κ3) is 2.59. The van der Waals surface area contributed by atoms with E-state index in [0.717, 1.165) is 40.0 Å². The number of aryl methyl sites for hydroxylation is 2. The van der Waals surface area contributed by atoms with Crippen LogP contribution in [-0.2, 0) is 12.8 Å². The number of hydrogen-bond donors (Lipinski definition) is 2. The molecule has 0 saturated heterocycles. The molecule has 5 rings (SSSR count). The fraction of sp³-hybridized carbons (Fsp3) is 0.211. The van der Waals surface area contributed by atoms with Crippen molar-refractivity contribution in [2.45, 2.75) is 25.7 Å². The van der Waals surface area contributed by atoms with Crippen molar-refractivity contribution in [2.75, 3.05) is 5.43 Å². The summed E-state index contributed by atoms with van der Waals surface area (Å²) in [5, 5.41) is 6.74. The zero-order valence-corrected chi connectivity index (χ0v) is 14.4. The second kappa shape index (κ2) is 5.97. The maximum atomic E-state index is 4.45. The number of aromatic amines is 1. The fourth-order valence-electron chi connectivity index (χ4n) is 3.49. The molecular formula is C19H17N5S. The van der Waals surface area contributed by atoms with Crippen molar-refractivity contribution in [2.24, 2.45) is 5.10 Å². The first-order valence-corrected chi connectivity index (χ1v) is 9.31. The van der Waals surface area contributed by atoms with Crippen molar-refractivity contribution in [1.29, 1.82) is 0 Å². The lowest BCUT2D eigenvalue weighted by molar-refractivity contribution is 0.700. The van der Waals surface area contributed by atoms with E-state index >= 15 is 0 Å². The van der Waals surface area contributed by atoms with Crippen LogP contribution >= 0.6 is 11.3 Å².